The van der Waals surface area contributed by atoms with Crippen molar-refractivity contribution in [2.75, 3.05) is 18.5 Å². The van der Waals surface area contributed by atoms with Crippen LogP contribution in [0.1, 0.15) is 44.9 Å². The number of carbonyl (C=O) groups is 1. The second kappa shape index (κ2) is 9.80. The number of nitriles is 1. The first-order valence-electron chi connectivity index (χ1n) is 8.16. The molecular weight excluding hydrogens is 294 g/mol. The van der Waals surface area contributed by atoms with Gasteiger partial charge < -0.3 is 14.8 Å². The summed E-state index contributed by atoms with van der Waals surface area (Å²) in [5, 5.41) is 11.2. The highest BCUT2D eigenvalue weighted by Crippen LogP contribution is 2.22. The van der Waals surface area contributed by atoms with Gasteiger partial charge in [-0.15, -0.1) is 0 Å². The van der Waals surface area contributed by atoms with Gasteiger partial charge in [-0.05, 0) is 31.4 Å². The summed E-state index contributed by atoms with van der Waals surface area (Å²) in [7, 11) is 0. The van der Waals surface area contributed by atoms with E-state index in [9.17, 15) is 4.79 Å². The largest absolute Gasteiger partial charge is 0.490 e. The van der Waals surface area contributed by atoms with Gasteiger partial charge in [-0.3, -0.25) is 4.79 Å². The number of pyridine rings is 1. The molecule has 0 spiro atoms. The predicted molar refractivity (Wildman–Crippen MR) is 86.0 cm³/mol. The summed E-state index contributed by atoms with van der Waals surface area (Å²) in [5.74, 6) is 0.675. The molecule has 0 bridgehead atoms. The average molecular weight is 317 g/mol. The van der Waals surface area contributed by atoms with Crippen molar-refractivity contribution >= 4 is 11.7 Å². The highest BCUT2D eigenvalue weighted by atomic mass is 16.5. The van der Waals surface area contributed by atoms with Crippen LogP contribution in [0.15, 0.2) is 18.3 Å². The molecule has 6 nitrogen and oxygen atoms in total. The van der Waals surface area contributed by atoms with Crippen molar-refractivity contribution in [3.05, 3.63) is 18.3 Å². The molecule has 0 saturated heterocycles. The summed E-state index contributed by atoms with van der Waals surface area (Å²) in [6, 6.07) is 5.56. The van der Waals surface area contributed by atoms with Gasteiger partial charge in [0.2, 0.25) is 0 Å². The van der Waals surface area contributed by atoms with E-state index in [1.54, 1.807) is 18.3 Å². The third kappa shape index (κ3) is 6.25. The summed E-state index contributed by atoms with van der Waals surface area (Å²) in [6.45, 7) is 0.454. The monoisotopic (exact) mass is 317 g/mol. The lowest BCUT2D eigenvalue weighted by Gasteiger charge is -2.21. The summed E-state index contributed by atoms with van der Waals surface area (Å²) in [4.78, 5) is 16.1. The molecule has 0 atom stereocenters. The maximum Gasteiger partial charge on any atom is 0.251 e. The van der Waals surface area contributed by atoms with Crippen molar-refractivity contribution in [3.8, 4) is 11.8 Å². The van der Waals surface area contributed by atoms with Gasteiger partial charge in [0.05, 0.1) is 18.8 Å². The van der Waals surface area contributed by atoms with E-state index in [4.69, 9.17) is 14.7 Å². The van der Waals surface area contributed by atoms with Gasteiger partial charge >= 0.3 is 0 Å². The van der Waals surface area contributed by atoms with Crippen LogP contribution in [0.4, 0.5) is 5.82 Å². The highest BCUT2D eigenvalue weighted by molar-refractivity contribution is 5.92. The Bertz CT molecular complexity index is 536. The highest BCUT2D eigenvalue weighted by Gasteiger charge is 2.16. The number of hydrogen-bond acceptors (Lipinski definition) is 5. The lowest BCUT2D eigenvalue weighted by molar-refractivity contribution is -0.123. The average Bonchev–Trinajstić information content (AvgIpc) is 2.59. The molecule has 1 fully saturated rings. The van der Waals surface area contributed by atoms with E-state index in [-0.39, 0.29) is 18.6 Å². The molecule has 0 radical (unpaired) electrons. The zero-order chi connectivity index (χ0) is 16.3. The number of nitrogens with zero attached hydrogens (tertiary/aromatic N) is 2. The quantitative estimate of drug-likeness (QED) is 0.745. The number of amides is 1. The summed E-state index contributed by atoms with van der Waals surface area (Å²) < 4.78 is 11.2. The van der Waals surface area contributed by atoms with Gasteiger partial charge in [0.25, 0.3) is 5.91 Å². The normalized spacial score (nSPS) is 14.9. The molecule has 1 aromatic rings. The molecule has 1 aliphatic rings. The molecule has 1 aliphatic carbocycles. The molecule has 6 heteroatoms. The van der Waals surface area contributed by atoms with Crippen molar-refractivity contribution in [3.63, 3.8) is 0 Å². The van der Waals surface area contributed by atoms with E-state index in [0.29, 0.717) is 31.0 Å². The molecule has 0 aliphatic heterocycles. The minimum Gasteiger partial charge on any atom is -0.490 e. The Kier molecular flexibility index (Phi) is 7.34. The zero-order valence-corrected chi connectivity index (χ0v) is 13.3. The summed E-state index contributed by atoms with van der Waals surface area (Å²) in [5.41, 5.74) is 0. The lowest BCUT2D eigenvalue weighted by atomic mass is 9.98. The Balaban J connectivity index is 1.79. The number of ether oxygens (including phenoxy) is 2. The molecule has 0 unspecified atom stereocenters. The van der Waals surface area contributed by atoms with Crippen LogP contribution in [0.3, 0.4) is 0 Å². The molecule has 2 rings (SSSR count). The summed E-state index contributed by atoms with van der Waals surface area (Å²) >= 11 is 0. The molecule has 1 saturated carbocycles. The van der Waals surface area contributed by atoms with E-state index in [1.165, 1.54) is 19.3 Å². The summed E-state index contributed by atoms with van der Waals surface area (Å²) in [6.07, 6.45) is 8.54. The smallest absolute Gasteiger partial charge is 0.251 e. The fourth-order valence-corrected chi connectivity index (χ4v) is 2.53. The minimum atomic E-state index is -0.226. The fourth-order valence-electron chi connectivity index (χ4n) is 2.53. The number of unbranched alkanes of at least 4 members (excludes halogenated alkanes) is 1. The van der Waals surface area contributed by atoms with Crippen molar-refractivity contribution in [1.82, 2.24) is 4.98 Å². The maximum atomic E-state index is 12.0. The Morgan fingerprint density at radius 1 is 1.39 bits per heavy atom. The first kappa shape index (κ1) is 17.2. The van der Waals surface area contributed by atoms with Gasteiger partial charge in [-0.2, -0.15) is 5.26 Å². The zero-order valence-electron chi connectivity index (χ0n) is 13.3. The first-order valence-corrected chi connectivity index (χ1v) is 8.16. The molecule has 124 valence electrons. The minimum absolute atomic E-state index is 0.0368. The van der Waals surface area contributed by atoms with Crippen LogP contribution in [-0.4, -0.2) is 30.2 Å². The van der Waals surface area contributed by atoms with Crippen LogP contribution >= 0.6 is 0 Å². The Hall–Kier alpha value is -2.13. The lowest BCUT2D eigenvalue weighted by Crippen LogP contribution is -2.25. The number of carbonyl (C=O) groups excluding carboxylic acids is 1. The second-order valence-corrected chi connectivity index (χ2v) is 5.58. The molecule has 0 aromatic carbocycles. The number of aromatic nitrogens is 1. The number of rotatable bonds is 8. The van der Waals surface area contributed by atoms with E-state index >= 15 is 0 Å². The second-order valence-electron chi connectivity index (χ2n) is 5.58. The molecular formula is C17H23N3O3. The number of nitrogens with one attached hydrogen (secondary N) is 1. The van der Waals surface area contributed by atoms with Crippen molar-refractivity contribution in [2.24, 2.45) is 0 Å². The van der Waals surface area contributed by atoms with Crippen molar-refractivity contribution in [2.45, 2.75) is 51.0 Å². The van der Waals surface area contributed by atoms with E-state index in [1.807, 2.05) is 0 Å². The van der Waals surface area contributed by atoms with E-state index < -0.39 is 0 Å². The molecule has 1 aromatic heterocycles. The van der Waals surface area contributed by atoms with E-state index in [0.717, 1.165) is 12.8 Å². The topological polar surface area (TPSA) is 84.2 Å². The molecule has 1 amide bonds. The molecule has 1 heterocycles. The Labute approximate surface area is 136 Å². The fraction of sp³-hybridized carbons (Fsp3) is 0.588. The standard InChI is InChI=1S/C17H23N3O3/c18-10-4-5-12-22-15-9-6-11-19-17(15)20-16(21)13-23-14-7-2-1-3-8-14/h6,9,11,14H,1-5,7-8,12-13H2,(H,19,20,21). The molecule has 23 heavy (non-hydrogen) atoms. The Morgan fingerprint density at radius 3 is 3.00 bits per heavy atom. The first-order chi connectivity index (χ1) is 11.3. The predicted octanol–water partition coefficient (Wildman–Crippen LogP) is 3.05. The van der Waals surface area contributed by atoms with Crippen LogP contribution < -0.4 is 10.1 Å². The van der Waals surface area contributed by atoms with Crippen LogP contribution in [-0.2, 0) is 9.53 Å². The van der Waals surface area contributed by atoms with Crippen LogP contribution in [0.25, 0.3) is 0 Å². The van der Waals surface area contributed by atoms with E-state index in [2.05, 4.69) is 16.4 Å². The van der Waals surface area contributed by atoms with Crippen LogP contribution in [0, 0.1) is 11.3 Å². The van der Waals surface area contributed by atoms with Gasteiger partial charge in [0, 0.05) is 12.6 Å². The molecule has 1 N–H and O–H groups in total. The maximum absolute atomic E-state index is 12.0. The van der Waals surface area contributed by atoms with Crippen LogP contribution in [0.2, 0.25) is 0 Å². The third-order valence-corrected chi connectivity index (χ3v) is 3.72. The van der Waals surface area contributed by atoms with Crippen molar-refractivity contribution in [1.29, 1.82) is 5.26 Å². The SMILES string of the molecule is N#CCCCOc1cccnc1NC(=O)COC1CCCCC1. The van der Waals surface area contributed by atoms with Gasteiger partial charge in [-0.1, -0.05) is 19.3 Å². The van der Waals surface area contributed by atoms with Crippen LogP contribution in [0.5, 0.6) is 5.75 Å². The van der Waals surface area contributed by atoms with Crippen molar-refractivity contribution < 1.29 is 14.3 Å². The number of anilines is 1. The van der Waals surface area contributed by atoms with Gasteiger partial charge in [0.15, 0.2) is 11.6 Å². The van der Waals surface area contributed by atoms with Gasteiger partial charge in [-0.25, -0.2) is 4.98 Å². The van der Waals surface area contributed by atoms with Gasteiger partial charge in [0.1, 0.15) is 6.61 Å². The number of hydrogen-bond donors (Lipinski definition) is 1. The Morgan fingerprint density at radius 2 is 2.22 bits per heavy atom. The third-order valence-electron chi connectivity index (χ3n) is 3.72.